The van der Waals surface area contributed by atoms with Crippen LogP contribution in [0, 0.1) is 6.92 Å². The van der Waals surface area contributed by atoms with Gasteiger partial charge in [-0.3, -0.25) is 9.59 Å². The lowest BCUT2D eigenvalue weighted by molar-refractivity contribution is 0.0990. The number of nitrogens with zero attached hydrogens (tertiary/aromatic N) is 2. The van der Waals surface area contributed by atoms with Crippen molar-refractivity contribution in [2.75, 3.05) is 18.6 Å². The van der Waals surface area contributed by atoms with Crippen LogP contribution in [-0.2, 0) is 5.41 Å². The molecule has 0 spiro atoms. The van der Waals surface area contributed by atoms with Gasteiger partial charge < -0.3 is 14.6 Å². The van der Waals surface area contributed by atoms with Gasteiger partial charge in [0.25, 0.3) is 11.5 Å². The summed E-state index contributed by atoms with van der Waals surface area (Å²) in [4.78, 5) is 33.8. The first-order chi connectivity index (χ1) is 11.6. The Kier molecular flexibility index (Phi) is 5.30. The second-order valence-electron chi connectivity index (χ2n) is 6.92. The smallest absolute Gasteiger partial charge is 0.265 e. The van der Waals surface area contributed by atoms with E-state index in [4.69, 9.17) is 4.74 Å². The number of benzene rings is 1. The minimum Gasteiger partial charge on any atom is -0.494 e. The first kappa shape index (κ1) is 18.7. The number of hydrogen-bond donors (Lipinski definition) is 1. The van der Waals surface area contributed by atoms with Crippen LogP contribution >= 0.6 is 0 Å². The molecule has 0 fully saturated rings. The van der Waals surface area contributed by atoms with Gasteiger partial charge in [0, 0.05) is 18.2 Å². The molecule has 2 aromatic rings. The van der Waals surface area contributed by atoms with Crippen LogP contribution in [0.1, 0.15) is 49.6 Å². The minimum atomic E-state index is -0.416. The Morgan fingerprint density at radius 3 is 2.32 bits per heavy atom. The fourth-order valence-electron chi connectivity index (χ4n) is 2.41. The lowest BCUT2D eigenvalue weighted by Crippen LogP contribution is -2.35. The number of ether oxygens (including phenoxy) is 1. The first-order valence-electron chi connectivity index (χ1n) is 8.27. The third-order valence-electron chi connectivity index (χ3n) is 3.86. The van der Waals surface area contributed by atoms with E-state index in [1.807, 2.05) is 27.7 Å². The Labute approximate surface area is 147 Å². The quantitative estimate of drug-likeness (QED) is 0.926. The van der Waals surface area contributed by atoms with E-state index in [2.05, 4.69) is 9.97 Å². The van der Waals surface area contributed by atoms with E-state index in [-0.39, 0.29) is 11.0 Å². The third-order valence-corrected chi connectivity index (χ3v) is 3.86. The lowest BCUT2D eigenvalue weighted by Gasteiger charge is -2.21. The number of hydrogen-bond acceptors (Lipinski definition) is 4. The van der Waals surface area contributed by atoms with Gasteiger partial charge in [0.2, 0.25) is 0 Å². The molecule has 25 heavy (non-hydrogen) atoms. The molecule has 0 radical (unpaired) electrons. The van der Waals surface area contributed by atoms with Crippen molar-refractivity contribution in [1.82, 2.24) is 9.97 Å². The number of carbonyl (C=O) groups excluding carboxylic acids is 1. The van der Waals surface area contributed by atoms with Crippen LogP contribution < -0.4 is 15.2 Å². The van der Waals surface area contributed by atoms with Gasteiger partial charge in [-0.05, 0) is 38.1 Å². The van der Waals surface area contributed by atoms with Gasteiger partial charge in [-0.2, -0.15) is 0 Å². The normalized spacial score (nSPS) is 11.3. The van der Waals surface area contributed by atoms with Gasteiger partial charge in [-0.25, -0.2) is 4.98 Å². The summed E-state index contributed by atoms with van der Waals surface area (Å²) in [6.45, 7) is 10.0. The number of anilines is 1. The molecule has 0 saturated heterocycles. The zero-order valence-corrected chi connectivity index (χ0v) is 15.6. The van der Waals surface area contributed by atoms with E-state index in [1.54, 1.807) is 38.2 Å². The molecule has 134 valence electrons. The van der Waals surface area contributed by atoms with E-state index < -0.39 is 11.5 Å². The molecule has 2 rings (SSSR count). The number of H-pyrrole nitrogens is 1. The number of aryl methyl sites for hydroxylation is 1. The Morgan fingerprint density at radius 2 is 1.84 bits per heavy atom. The number of aromatic nitrogens is 2. The molecule has 1 aromatic heterocycles. The summed E-state index contributed by atoms with van der Waals surface area (Å²) in [5.74, 6) is 0.906. The van der Waals surface area contributed by atoms with Crippen molar-refractivity contribution >= 4 is 11.6 Å². The van der Waals surface area contributed by atoms with Gasteiger partial charge in [0.05, 0.1) is 12.3 Å². The van der Waals surface area contributed by atoms with Crippen molar-refractivity contribution in [3.8, 4) is 5.75 Å². The van der Waals surface area contributed by atoms with Gasteiger partial charge in [0.15, 0.2) is 0 Å². The summed E-state index contributed by atoms with van der Waals surface area (Å²) in [5, 5.41) is 0. The van der Waals surface area contributed by atoms with Crippen molar-refractivity contribution in [2.24, 2.45) is 0 Å². The second kappa shape index (κ2) is 7.09. The van der Waals surface area contributed by atoms with Gasteiger partial charge in [0.1, 0.15) is 17.1 Å². The fourth-order valence-corrected chi connectivity index (χ4v) is 2.41. The Bertz CT molecular complexity index is 817. The number of rotatable bonds is 4. The highest BCUT2D eigenvalue weighted by molar-refractivity contribution is 6.06. The van der Waals surface area contributed by atoms with Crippen molar-refractivity contribution in [3.63, 3.8) is 0 Å². The Hall–Kier alpha value is -2.63. The lowest BCUT2D eigenvalue weighted by atomic mass is 9.95. The molecule has 0 unspecified atom stereocenters. The molecule has 6 nitrogen and oxygen atoms in total. The van der Waals surface area contributed by atoms with Crippen LogP contribution in [0.15, 0.2) is 29.1 Å². The highest BCUT2D eigenvalue weighted by Crippen LogP contribution is 2.21. The summed E-state index contributed by atoms with van der Waals surface area (Å²) >= 11 is 0. The number of nitrogens with one attached hydrogen (secondary N) is 1. The zero-order valence-electron chi connectivity index (χ0n) is 15.6. The van der Waals surface area contributed by atoms with Crippen LogP contribution in [-0.4, -0.2) is 29.5 Å². The van der Waals surface area contributed by atoms with E-state index in [9.17, 15) is 9.59 Å². The third kappa shape index (κ3) is 4.07. The van der Waals surface area contributed by atoms with E-state index in [0.717, 1.165) is 5.75 Å². The van der Waals surface area contributed by atoms with Crippen LogP contribution in [0.25, 0.3) is 0 Å². The van der Waals surface area contributed by atoms with Gasteiger partial charge >= 0.3 is 0 Å². The van der Waals surface area contributed by atoms with Crippen LogP contribution in [0.2, 0.25) is 0 Å². The fraction of sp³-hybridized carbons (Fsp3) is 0.421. The van der Waals surface area contributed by atoms with Crippen molar-refractivity contribution in [1.29, 1.82) is 0 Å². The molecule has 1 aromatic carbocycles. The van der Waals surface area contributed by atoms with Crippen molar-refractivity contribution in [2.45, 2.75) is 40.0 Å². The van der Waals surface area contributed by atoms with E-state index in [0.29, 0.717) is 23.8 Å². The Balaban J connectivity index is 2.35. The predicted molar refractivity (Wildman–Crippen MR) is 98.6 cm³/mol. The van der Waals surface area contributed by atoms with E-state index in [1.165, 1.54) is 4.90 Å². The first-order valence-corrected chi connectivity index (χ1v) is 8.27. The molecule has 1 amide bonds. The summed E-state index contributed by atoms with van der Waals surface area (Å²) < 4.78 is 5.40. The molecule has 0 bridgehead atoms. The maximum atomic E-state index is 12.8. The highest BCUT2D eigenvalue weighted by atomic mass is 16.5. The van der Waals surface area contributed by atoms with Gasteiger partial charge in [-0.1, -0.05) is 20.8 Å². The molecule has 0 atom stereocenters. The van der Waals surface area contributed by atoms with Crippen LogP contribution in [0.4, 0.5) is 5.69 Å². The maximum Gasteiger partial charge on any atom is 0.265 e. The monoisotopic (exact) mass is 343 g/mol. The summed E-state index contributed by atoms with van der Waals surface area (Å²) in [6.07, 6.45) is 0. The Morgan fingerprint density at radius 1 is 1.24 bits per heavy atom. The molecule has 1 N–H and O–H groups in total. The van der Waals surface area contributed by atoms with E-state index >= 15 is 0 Å². The molecule has 0 aliphatic carbocycles. The number of carbonyl (C=O) groups is 1. The molecule has 1 heterocycles. The maximum absolute atomic E-state index is 12.8. The summed E-state index contributed by atoms with van der Waals surface area (Å²) in [7, 11) is 1.63. The zero-order chi connectivity index (χ0) is 18.8. The largest absolute Gasteiger partial charge is 0.494 e. The average molecular weight is 343 g/mol. The molecule has 0 aliphatic rings. The molecule has 0 saturated carbocycles. The van der Waals surface area contributed by atoms with Crippen molar-refractivity contribution in [3.05, 3.63) is 51.7 Å². The minimum absolute atomic E-state index is 0.0596. The predicted octanol–water partition coefficient (Wildman–Crippen LogP) is 3.05. The summed E-state index contributed by atoms with van der Waals surface area (Å²) in [6, 6.07) is 7.15. The average Bonchev–Trinajstić information content (AvgIpc) is 2.53. The molecule has 6 heteroatoms. The topological polar surface area (TPSA) is 75.3 Å². The number of aromatic amines is 1. The highest BCUT2D eigenvalue weighted by Gasteiger charge is 2.24. The number of amides is 1. The van der Waals surface area contributed by atoms with Gasteiger partial charge in [-0.15, -0.1) is 0 Å². The van der Waals surface area contributed by atoms with Crippen LogP contribution in [0.5, 0.6) is 5.75 Å². The standard InChI is InChI=1S/C19H25N3O3/c1-7-25-14-10-8-13(9-11-14)22(6)17(24)15-12(2)20-18(19(3,4)5)21-16(15)23/h8-11H,7H2,1-6H3,(H,20,21,23). The van der Waals surface area contributed by atoms with Crippen molar-refractivity contribution < 1.29 is 9.53 Å². The summed E-state index contributed by atoms with van der Waals surface area (Å²) in [5.41, 5.74) is 0.445. The SMILES string of the molecule is CCOc1ccc(N(C)C(=O)c2c(C)nc(C(C)(C)C)[nH]c2=O)cc1. The molecule has 0 aliphatic heterocycles. The molecular formula is C19H25N3O3. The molecular weight excluding hydrogens is 318 g/mol. The second-order valence-corrected chi connectivity index (χ2v) is 6.92. The van der Waals surface area contributed by atoms with Crippen LogP contribution in [0.3, 0.4) is 0 Å².